The first-order chi connectivity index (χ1) is 19.7. The average molecular weight is 567 g/mol. The van der Waals surface area contributed by atoms with Gasteiger partial charge in [0.2, 0.25) is 11.8 Å². The van der Waals surface area contributed by atoms with E-state index in [0.717, 1.165) is 19.3 Å². The maximum atomic E-state index is 13.7. The maximum absolute atomic E-state index is 13.7. The van der Waals surface area contributed by atoms with Gasteiger partial charge in [-0.15, -0.1) is 0 Å². The van der Waals surface area contributed by atoms with Crippen molar-refractivity contribution in [2.45, 2.75) is 70.6 Å². The van der Waals surface area contributed by atoms with Gasteiger partial charge in [0.25, 0.3) is 0 Å². The first kappa shape index (κ1) is 29.3. The molecule has 0 saturated heterocycles. The van der Waals surface area contributed by atoms with E-state index >= 15 is 0 Å². The van der Waals surface area contributed by atoms with Crippen molar-refractivity contribution in [3.63, 3.8) is 0 Å². The highest BCUT2D eigenvalue weighted by atomic mass is 16.5. The number of hydrogen-bond donors (Lipinski definition) is 3. The molecule has 1 aromatic rings. The Labute approximate surface area is 241 Å². The molecule has 9 heteroatoms. The molecule has 0 spiro atoms. The SMILES string of the molecule is CCC=CC(=O)N(C[C@@H]1CC[C@H]2C[C@@H]1C2(C)C)[C@@H]1C=C(C(=O)NCCO)[C@@H]2c3cc(C=O)cc(OC)c3O[C@@H]2[C@H]1O. The number of carbonyl (C=O) groups excluding carboxylic acids is 3. The van der Waals surface area contributed by atoms with Crippen molar-refractivity contribution in [2.75, 3.05) is 26.8 Å². The molecular formula is C32H42N2O7. The normalized spacial score (nSPS) is 30.8. The van der Waals surface area contributed by atoms with E-state index in [4.69, 9.17) is 9.47 Å². The molecule has 1 heterocycles. The standard InChI is InChI=1S/C32H42N2O7/c1-5-6-7-26(37)34(16-19-8-9-20-14-23(19)32(20,2)3)24-15-22(31(39)33-10-11-35)27-21-12-18(17-36)13-25(40-4)29(21)41-30(27)28(24)38/h6-7,12-13,15,17,19-20,23-24,27-28,30,35,38H,5,8-11,14,16H2,1-4H3,(H,33,39)/t19-,20-,23-,24+,27-,28-,30-/m0/s1. The van der Waals surface area contributed by atoms with Crippen molar-refractivity contribution >= 4 is 18.1 Å². The van der Waals surface area contributed by atoms with E-state index in [9.17, 15) is 24.6 Å². The third kappa shape index (κ3) is 5.07. The van der Waals surface area contributed by atoms with Crippen molar-refractivity contribution in [3.05, 3.63) is 47.1 Å². The van der Waals surface area contributed by atoms with Gasteiger partial charge in [-0.05, 0) is 73.1 Å². The third-order valence-corrected chi connectivity index (χ3v) is 9.98. The summed E-state index contributed by atoms with van der Waals surface area (Å²) in [7, 11) is 1.47. The van der Waals surface area contributed by atoms with Gasteiger partial charge < -0.3 is 29.9 Å². The lowest BCUT2D eigenvalue weighted by atomic mass is 9.45. The second-order valence-electron chi connectivity index (χ2n) is 12.4. The highest BCUT2D eigenvalue weighted by Crippen LogP contribution is 2.61. The lowest BCUT2D eigenvalue weighted by Gasteiger charge is -2.61. The van der Waals surface area contributed by atoms with E-state index in [1.165, 1.54) is 7.11 Å². The predicted molar refractivity (Wildman–Crippen MR) is 153 cm³/mol. The van der Waals surface area contributed by atoms with Gasteiger partial charge in [-0.2, -0.15) is 0 Å². The van der Waals surface area contributed by atoms with E-state index in [-0.39, 0.29) is 30.4 Å². The maximum Gasteiger partial charge on any atom is 0.247 e. The zero-order valence-electron chi connectivity index (χ0n) is 24.3. The van der Waals surface area contributed by atoms with Crippen molar-refractivity contribution in [1.29, 1.82) is 0 Å². The molecule has 6 rings (SSSR count). The van der Waals surface area contributed by atoms with Crippen molar-refractivity contribution in [3.8, 4) is 11.5 Å². The Bertz CT molecular complexity index is 1250. The van der Waals surface area contributed by atoms with Crippen molar-refractivity contribution in [2.24, 2.45) is 23.2 Å². The number of methoxy groups -OCH3 is 1. The molecule has 2 amide bonds. The second kappa shape index (κ2) is 11.6. The molecule has 9 nitrogen and oxygen atoms in total. The second-order valence-corrected chi connectivity index (χ2v) is 12.4. The zero-order valence-corrected chi connectivity index (χ0v) is 24.3. The first-order valence-electron chi connectivity index (χ1n) is 14.8. The number of fused-ring (bicyclic) bond motifs is 5. The molecule has 3 fully saturated rings. The number of aldehydes is 1. The van der Waals surface area contributed by atoms with Crippen LogP contribution in [0.25, 0.3) is 0 Å². The quantitative estimate of drug-likeness (QED) is 0.294. The zero-order chi connectivity index (χ0) is 29.5. The van der Waals surface area contributed by atoms with Gasteiger partial charge in [0.1, 0.15) is 18.5 Å². The average Bonchev–Trinajstić information content (AvgIpc) is 3.37. The van der Waals surface area contributed by atoms with Gasteiger partial charge >= 0.3 is 0 Å². The number of amides is 2. The first-order valence-corrected chi connectivity index (χ1v) is 14.8. The number of hydrogen-bond acceptors (Lipinski definition) is 7. The fourth-order valence-corrected chi connectivity index (χ4v) is 7.67. The number of allylic oxidation sites excluding steroid dienone is 1. The van der Waals surface area contributed by atoms with Crippen LogP contribution in [-0.2, 0) is 9.59 Å². The van der Waals surface area contributed by atoms with Crippen molar-refractivity contribution < 1.29 is 34.1 Å². The molecule has 3 saturated carbocycles. The van der Waals surface area contributed by atoms with Gasteiger partial charge in [-0.25, -0.2) is 0 Å². The minimum absolute atomic E-state index is 0.0497. The summed E-state index contributed by atoms with van der Waals surface area (Å²) < 4.78 is 11.8. The number of aliphatic hydroxyl groups is 2. The molecule has 0 unspecified atom stereocenters. The molecule has 1 aromatic carbocycles. The number of aliphatic hydroxyl groups excluding tert-OH is 2. The van der Waals surface area contributed by atoms with Crippen LogP contribution < -0.4 is 14.8 Å². The Balaban J connectivity index is 1.56. The smallest absolute Gasteiger partial charge is 0.247 e. The highest BCUT2D eigenvalue weighted by molar-refractivity contribution is 5.97. The number of ether oxygens (including phenoxy) is 2. The highest BCUT2D eigenvalue weighted by Gasteiger charge is 2.56. The van der Waals surface area contributed by atoms with E-state index in [2.05, 4.69) is 19.2 Å². The Morgan fingerprint density at radius 2 is 2.05 bits per heavy atom. The van der Waals surface area contributed by atoms with Crippen LogP contribution in [0.4, 0.5) is 0 Å². The van der Waals surface area contributed by atoms with Gasteiger partial charge in [0.05, 0.1) is 25.7 Å². The fraction of sp³-hybridized carbons (Fsp3) is 0.594. The molecule has 0 radical (unpaired) electrons. The largest absolute Gasteiger partial charge is 0.493 e. The summed E-state index contributed by atoms with van der Waals surface area (Å²) in [4.78, 5) is 40.7. The van der Waals surface area contributed by atoms with Crippen LogP contribution in [-0.4, -0.2) is 78.3 Å². The number of nitrogens with one attached hydrogen (secondary N) is 1. The van der Waals surface area contributed by atoms with Crippen LogP contribution in [0.15, 0.2) is 35.9 Å². The van der Waals surface area contributed by atoms with E-state index in [1.807, 2.05) is 13.0 Å². The molecule has 41 heavy (non-hydrogen) atoms. The van der Waals surface area contributed by atoms with Gasteiger partial charge in [0.15, 0.2) is 11.5 Å². The van der Waals surface area contributed by atoms with E-state index in [0.29, 0.717) is 59.3 Å². The number of carbonyl (C=O) groups is 3. The lowest BCUT2D eigenvalue weighted by Crippen LogP contribution is -2.59. The number of nitrogens with zero attached hydrogens (tertiary/aromatic N) is 1. The van der Waals surface area contributed by atoms with Gasteiger partial charge in [-0.1, -0.05) is 26.8 Å². The van der Waals surface area contributed by atoms with E-state index in [1.54, 1.807) is 29.2 Å². The van der Waals surface area contributed by atoms with Crippen LogP contribution in [0.3, 0.4) is 0 Å². The fourth-order valence-electron chi connectivity index (χ4n) is 7.67. The third-order valence-electron chi connectivity index (χ3n) is 9.98. The molecule has 4 aliphatic carbocycles. The van der Waals surface area contributed by atoms with E-state index < -0.39 is 30.1 Å². The molecule has 222 valence electrons. The van der Waals surface area contributed by atoms with Crippen molar-refractivity contribution in [1.82, 2.24) is 10.2 Å². The minimum atomic E-state index is -1.14. The molecule has 2 bridgehead atoms. The molecule has 1 aliphatic heterocycles. The van der Waals surface area contributed by atoms with Crippen LogP contribution in [0.5, 0.6) is 11.5 Å². The summed E-state index contributed by atoms with van der Waals surface area (Å²) in [5, 5.41) is 24.0. The van der Waals surface area contributed by atoms with Gasteiger partial charge in [0, 0.05) is 29.8 Å². The summed E-state index contributed by atoms with van der Waals surface area (Å²) in [6.45, 7) is 6.88. The number of rotatable bonds is 10. The van der Waals surface area contributed by atoms with Crippen LogP contribution in [0.1, 0.15) is 68.3 Å². The summed E-state index contributed by atoms with van der Waals surface area (Å²) in [6, 6.07) is 2.40. The molecule has 3 N–H and O–H groups in total. The van der Waals surface area contributed by atoms with Crippen LogP contribution in [0, 0.1) is 23.2 Å². The Hall–Kier alpha value is -3.17. The molecule has 0 aromatic heterocycles. The molecular weight excluding hydrogens is 524 g/mol. The topological polar surface area (TPSA) is 125 Å². The monoisotopic (exact) mass is 566 g/mol. The van der Waals surface area contributed by atoms with Crippen LogP contribution in [0.2, 0.25) is 0 Å². The summed E-state index contributed by atoms with van der Waals surface area (Å²) in [5.74, 6) is 0.879. The lowest BCUT2D eigenvalue weighted by molar-refractivity contribution is -0.142. The Morgan fingerprint density at radius 1 is 1.27 bits per heavy atom. The van der Waals surface area contributed by atoms with Crippen LogP contribution >= 0.6 is 0 Å². The molecule has 5 aliphatic rings. The minimum Gasteiger partial charge on any atom is -0.493 e. The summed E-state index contributed by atoms with van der Waals surface area (Å²) >= 11 is 0. The van der Waals surface area contributed by atoms with Gasteiger partial charge in [-0.3, -0.25) is 14.4 Å². The molecule has 7 atom stereocenters. The Morgan fingerprint density at radius 3 is 2.68 bits per heavy atom. The predicted octanol–water partition coefficient (Wildman–Crippen LogP) is 3.00. The number of benzene rings is 1. The summed E-state index contributed by atoms with van der Waals surface area (Å²) in [5.41, 5.74) is 1.48. The summed E-state index contributed by atoms with van der Waals surface area (Å²) in [6.07, 6.45) is 7.73. The Kier molecular flexibility index (Phi) is 8.30.